The normalized spacial score (nSPS) is 11.9. The molecule has 0 saturated carbocycles. The highest BCUT2D eigenvalue weighted by Gasteiger charge is 2.19. The van der Waals surface area contributed by atoms with Crippen molar-refractivity contribution >= 4 is 29.5 Å². The van der Waals surface area contributed by atoms with Crippen LogP contribution in [-0.4, -0.2) is 45.2 Å². The maximum absolute atomic E-state index is 11.7. The van der Waals surface area contributed by atoms with E-state index in [0.717, 1.165) is 11.8 Å². The van der Waals surface area contributed by atoms with Crippen LogP contribution in [0.2, 0.25) is 0 Å². The molecule has 0 aromatic carbocycles. The lowest BCUT2D eigenvalue weighted by molar-refractivity contribution is -0.140. The van der Waals surface area contributed by atoms with Gasteiger partial charge >= 0.3 is 5.97 Å². The summed E-state index contributed by atoms with van der Waals surface area (Å²) in [6.45, 7) is 2.74. The lowest BCUT2D eigenvalue weighted by atomic mass is 10.3. The van der Waals surface area contributed by atoms with Gasteiger partial charge < -0.3 is 14.9 Å². The number of carbonyl (C=O) groups excluding carboxylic acids is 2. The number of thioether (sulfide) groups is 1. The molecule has 20 heavy (non-hydrogen) atoms. The third kappa shape index (κ3) is 4.57. The maximum atomic E-state index is 11.7. The average molecular weight is 302 g/mol. The van der Waals surface area contributed by atoms with E-state index >= 15 is 0 Å². The summed E-state index contributed by atoms with van der Waals surface area (Å²) in [5.41, 5.74) is -0.565. The number of nitrogens with zero attached hydrogens (tertiary/aromatic N) is 1. The van der Waals surface area contributed by atoms with E-state index in [1.54, 1.807) is 0 Å². The molecule has 1 amide bonds. The van der Waals surface area contributed by atoms with Crippen molar-refractivity contribution < 1.29 is 24.0 Å². The summed E-state index contributed by atoms with van der Waals surface area (Å²) in [6.07, 6.45) is 0. The van der Waals surface area contributed by atoms with Gasteiger partial charge in [0, 0.05) is 18.7 Å². The molecule has 0 spiro atoms. The smallest absolute Gasteiger partial charge is 0.327 e. The Balaban J connectivity index is 2.52. The summed E-state index contributed by atoms with van der Waals surface area (Å²) < 4.78 is 5.52. The number of hydrogen-bond acceptors (Lipinski definition) is 6. The van der Waals surface area contributed by atoms with Crippen LogP contribution < -0.4 is 10.9 Å². The van der Waals surface area contributed by atoms with E-state index in [0.29, 0.717) is 10.5 Å². The molecule has 1 aromatic heterocycles. The molecule has 0 saturated heterocycles. The second-order valence-electron chi connectivity index (χ2n) is 3.98. The van der Waals surface area contributed by atoms with E-state index in [1.807, 2.05) is 0 Å². The molecule has 0 bridgehead atoms. The van der Waals surface area contributed by atoms with Crippen molar-refractivity contribution in [2.24, 2.45) is 0 Å². The van der Waals surface area contributed by atoms with Crippen LogP contribution in [0.4, 0.5) is 0 Å². The number of aromatic nitrogens is 1. The van der Waals surface area contributed by atoms with Gasteiger partial charge in [0.2, 0.25) is 5.91 Å². The van der Waals surface area contributed by atoms with E-state index in [1.165, 1.54) is 19.9 Å². The van der Waals surface area contributed by atoms with Crippen LogP contribution in [0.5, 0.6) is 0 Å². The number of carboxylic acids is 1. The van der Waals surface area contributed by atoms with Crippen molar-refractivity contribution in [3.63, 3.8) is 0 Å². The van der Waals surface area contributed by atoms with Crippen LogP contribution in [-0.2, 0) is 9.59 Å². The van der Waals surface area contributed by atoms with Gasteiger partial charge in [0.15, 0.2) is 0 Å². The zero-order valence-corrected chi connectivity index (χ0v) is 11.7. The fraction of sp³-hybridized carbons (Fsp3) is 0.455. The molecule has 0 aliphatic heterocycles. The molecule has 1 unspecified atom stereocenters. The van der Waals surface area contributed by atoms with Crippen LogP contribution in [0.25, 0.3) is 0 Å². The highest BCUT2D eigenvalue weighted by atomic mass is 32.2. The standard InChI is InChI=1S/C11H14N2O6S/c1-6-3-9(15)13(19-6)10(16)5-20-4-8(11(17)18)12-7(2)14/h3,8H,4-5H2,1-2H3,(H,12,14)(H,17,18). The van der Waals surface area contributed by atoms with Crippen molar-refractivity contribution in [3.8, 4) is 0 Å². The quantitative estimate of drug-likeness (QED) is 0.741. The number of rotatable bonds is 6. The van der Waals surface area contributed by atoms with Crippen LogP contribution in [0.3, 0.4) is 0 Å². The third-order valence-corrected chi connectivity index (χ3v) is 3.19. The van der Waals surface area contributed by atoms with Gasteiger partial charge in [-0.25, -0.2) is 4.79 Å². The Morgan fingerprint density at radius 3 is 2.60 bits per heavy atom. The van der Waals surface area contributed by atoms with Crippen molar-refractivity contribution in [3.05, 3.63) is 22.2 Å². The van der Waals surface area contributed by atoms with Gasteiger partial charge in [0.1, 0.15) is 11.8 Å². The molecule has 2 N–H and O–H groups in total. The Hall–Kier alpha value is -2.03. The second kappa shape index (κ2) is 6.94. The Bertz CT molecular complexity index is 576. The van der Waals surface area contributed by atoms with E-state index in [4.69, 9.17) is 9.63 Å². The van der Waals surface area contributed by atoms with Gasteiger partial charge in [0.25, 0.3) is 11.5 Å². The predicted octanol–water partition coefficient (Wildman–Crippen LogP) is -0.288. The Kier molecular flexibility index (Phi) is 5.56. The van der Waals surface area contributed by atoms with Crippen molar-refractivity contribution in [1.29, 1.82) is 0 Å². The molecule has 9 heteroatoms. The van der Waals surface area contributed by atoms with Crippen LogP contribution >= 0.6 is 11.8 Å². The molecule has 0 fully saturated rings. The fourth-order valence-electron chi connectivity index (χ4n) is 1.36. The van der Waals surface area contributed by atoms with Gasteiger partial charge in [-0.1, -0.05) is 0 Å². The number of nitrogens with one attached hydrogen (secondary N) is 1. The van der Waals surface area contributed by atoms with Gasteiger partial charge in [-0.3, -0.25) is 14.4 Å². The topological polar surface area (TPSA) is 119 Å². The first-order valence-electron chi connectivity index (χ1n) is 5.62. The molecule has 1 aromatic rings. The molecule has 110 valence electrons. The Morgan fingerprint density at radius 1 is 1.50 bits per heavy atom. The highest BCUT2D eigenvalue weighted by molar-refractivity contribution is 8.00. The Labute approximate surface area is 118 Å². The Morgan fingerprint density at radius 2 is 2.15 bits per heavy atom. The molecule has 0 radical (unpaired) electrons. The van der Waals surface area contributed by atoms with Gasteiger partial charge in [0.05, 0.1) is 5.75 Å². The minimum atomic E-state index is -1.19. The van der Waals surface area contributed by atoms with Crippen LogP contribution in [0.15, 0.2) is 15.4 Å². The SMILES string of the molecule is CC(=O)NC(CSCC(=O)n1oc(C)cc1=O)C(=O)O. The lowest BCUT2D eigenvalue weighted by Gasteiger charge is -2.12. The zero-order chi connectivity index (χ0) is 15.3. The molecular weight excluding hydrogens is 288 g/mol. The average Bonchev–Trinajstić information content (AvgIpc) is 2.66. The summed E-state index contributed by atoms with van der Waals surface area (Å²) in [6, 6.07) is 0.0975. The van der Waals surface area contributed by atoms with Gasteiger partial charge in [-0.2, -0.15) is 0 Å². The van der Waals surface area contributed by atoms with Crippen LogP contribution in [0, 0.1) is 6.92 Å². The molecular formula is C11H14N2O6S. The number of amides is 1. The number of aliphatic carboxylic acids is 1. The fourth-order valence-corrected chi connectivity index (χ4v) is 2.24. The molecule has 1 atom stereocenters. The summed E-state index contributed by atoms with van der Waals surface area (Å²) in [7, 11) is 0. The molecule has 0 aliphatic carbocycles. The van der Waals surface area contributed by atoms with Crippen molar-refractivity contribution in [2.45, 2.75) is 19.9 Å². The summed E-state index contributed by atoms with van der Waals surface area (Å²) in [4.78, 5) is 44.7. The summed E-state index contributed by atoms with van der Waals surface area (Å²) >= 11 is 0.988. The zero-order valence-electron chi connectivity index (χ0n) is 10.9. The highest BCUT2D eigenvalue weighted by Crippen LogP contribution is 2.05. The van der Waals surface area contributed by atoms with E-state index < -0.39 is 29.4 Å². The molecule has 0 aliphatic rings. The minimum absolute atomic E-state index is 0.00902. The van der Waals surface area contributed by atoms with Gasteiger partial charge in [-0.05, 0) is 6.92 Å². The predicted molar refractivity (Wildman–Crippen MR) is 70.9 cm³/mol. The van der Waals surface area contributed by atoms with Gasteiger partial charge in [-0.15, -0.1) is 16.5 Å². The minimum Gasteiger partial charge on any atom is -0.480 e. The molecule has 1 rings (SSSR count). The van der Waals surface area contributed by atoms with E-state index in [-0.39, 0.29) is 11.5 Å². The molecule has 1 heterocycles. The molecule has 8 nitrogen and oxygen atoms in total. The van der Waals surface area contributed by atoms with E-state index in [2.05, 4.69) is 5.32 Å². The number of aryl methyl sites for hydroxylation is 1. The maximum Gasteiger partial charge on any atom is 0.327 e. The number of carbonyl (C=O) groups is 3. The van der Waals surface area contributed by atoms with E-state index in [9.17, 15) is 19.2 Å². The first kappa shape index (κ1) is 16.0. The van der Waals surface area contributed by atoms with Crippen molar-refractivity contribution in [1.82, 2.24) is 10.1 Å². The number of hydrogen-bond donors (Lipinski definition) is 2. The summed E-state index contributed by atoms with van der Waals surface area (Å²) in [5.74, 6) is -2.05. The van der Waals surface area contributed by atoms with Crippen LogP contribution in [0.1, 0.15) is 17.5 Å². The second-order valence-corrected chi connectivity index (χ2v) is 5.01. The largest absolute Gasteiger partial charge is 0.480 e. The first-order valence-corrected chi connectivity index (χ1v) is 6.77. The monoisotopic (exact) mass is 302 g/mol. The summed E-state index contributed by atoms with van der Waals surface area (Å²) in [5, 5.41) is 11.1. The lowest BCUT2D eigenvalue weighted by Crippen LogP contribution is -2.41. The number of carboxylic acid groups (broad SMARTS) is 1. The third-order valence-electron chi connectivity index (χ3n) is 2.17. The first-order chi connectivity index (χ1) is 9.31. The van der Waals surface area contributed by atoms with Crippen molar-refractivity contribution in [2.75, 3.05) is 11.5 Å².